The van der Waals surface area contributed by atoms with Gasteiger partial charge in [0.25, 0.3) is 10.1 Å². The molecule has 7 heteroatoms. The van der Waals surface area contributed by atoms with E-state index in [1.807, 2.05) is 0 Å². The molecule has 0 aliphatic carbocycles. The van der Waals surface area contributed by atoms with Gasteiger partial charge in [0.05, 0.1) is 9.52 Å². The van der Waals surface area contributed by atoms with E-state index >= 15 is 0 Å². The fraction of sp³-hybridized carbons (Fsp3) is 0.857. The highest BCUT2D eigenvalue weighted by Gasteiger charge is 2.52. The van der Waals surface area contributed by atoms with Crippen LogP contribution in [-0.4, -0.2) is 37.9 Å². The lowest BCUT2D eigenvalue weighted by Crippen LogP contribution is -2.55. The largest absolute Gasteiger partial charge is 0.480 e. The first-order chi connectivity index (χ1) is 6.20. The van der Waals surface area contributed by atoms with Crippen molar-refractivity contribution in [3.05, 3.63) is 0 Å². The zero-order chi connectivity index (χ0) is 11.6. The van der Waals surface area contributed by atoms with Crippen LogP contribution in [0.4, 0.5) is 0 Å². The molecule has 1 atom stereocenters. The molecule has 84 valence electrons. The Morgan fingerprint density at radius 1 is 1.50 bits per heavy atom. The van der Waals surface area contributed by atoms with Gasteiger partial charge >= 0.3 is 5.97 Å². The lowest BCUT2D eigenvalue weighted by molar-refractivity contribution is -0.138. The second kappa shape index (κ2) is 4.41. The van der Waals surface area contributed by atoms with Crippen LogP contribution in [-0.2, 0) is 14.9 Å². The molecule has 1 unspecified atom stereocenters. The molecule has 2 N–H and O–H groups in total. The molecule has 0 fully saturated rings. The van der Waals surface area contributed by atoms with E-state index < -0.39 is 35.9 Å². The minimum Gasteiger partial charge on any atom is -0.480 e. The molecular weight excluding hydrogens is 224 g/mol. The van der Waals surface area contributed by atoms with Gasteiger partial charge in [0, 0.05) is 0 Å². The van der Waals surface area contributed by atoms with Crippen molar-refractivity contribution in [2.45, 2.75) is 31.2 Å². The van der Waals surface area contributed by atoms with Crippen molar-refractivity contribution in [3.63, 3.8) is 0 Å². The Labute approximate surface area is 86.1 Å². The third-order valence-electron chi connectivity index (χ3n) is 2.38. The van der Waals surface area contributed by atoms with E-state index in [-0.39, 0.29) is 0 Å². The van der Waals surface area contributed by atoms with Crippen LogP contribution < -0.4 is 0 Å². The van der Waals surface area contributed by atoms with E-state index in [9.17, 15) is 13.2 Å². The minimum absolute atomic E-state index is 0.518. The Kier molecular flexibility index (Phi) is 4.28. The number of hydrogen-bond acceptors (Lipinski definition) is 3. The zero-order valence-electron chi connectivity index (χ0n) is 8.52. The van der Waals surface area contributed by atoms with Crippen molar-refractivity contribution in [2.75, 3.05) is 0 Å². The summed E-state index contributed by atoms with van der Waals surface area (Å²) in [6, 6.07) is 0.518. The maximum Gasteiger partial charge on any atom is 0.323 e. The summed E-state index contributed by atoms with van der Waals surface area (Å²) in [6.45, 7) is 4.74. The number of aliphatic carboxylic acids is 1. The van der Waals surface area contributed by atoms with Crippen molar-refractivity contribution in [2.24, 2.45) is 5.92 Å². The van der Waals surface area contributed by atoms with Gasteiger partial charge in [-0.25, -0.2) is 0 Å². The van der Waals surface area contributed by atoms with Gasteiger partial charge in [0.1, 0.15) is 0 Å². The summed E-state index contributed by atoms with van der Waals surface area (Å²) in [5.74, 6) is -2.04. The second-order valence-corrected chi connectivity index (χ2v) is 8.38. The first-order valence-electron chi connectivity index (χ1n) is 4.40. The lowest BCUT2D eigenvalue weighted by atomic mass is 10.1. The Balaban J connectivity index is 5.52. The van der Waals surface area contributed by atoms with Gasteiger partial charge in [-0.1, -0.05) is 26.8 Å². The average Bonchev–Trinajstić information content (AvgIpc) is 1.95. The van der Waals surface area contributed by atoms with Crippen molar-refractivity contribution >= 4 is 25.6 Å². The third kappa shape index (κ3) is 2.15. The maximum absolute atomic E-state index is 11.1. The normalized spacial score (nSPS) is 17.5. The minimum atomic E-state index is -4.53. The number of hydrogen-bond donors (Lipinski definition) is 2. The van der Waals surface area contributed by atoms with Crippen LogP contribution in [0.25, 0.3) is 0 Å². The van der Waals surface area contributed by atoms with Gasteiger partial charge in [-0.3, -0.25) is 9.35 Å². The summed E-state index contributed by atoms with van der Waals surface area (Å²) in [5, 5.41) is 8.96. The third-order valence-corrected chi connectivity index (χ3v) is 8.01. The summed E-state index contributed by atoms with van der Waals surface area (Å²) in [7, 11) is -5.93. The number of carboxylic acids is 1. The quantitative estimate of drug-likeness (QED) is 0.518. The molecule has 5 nitrogen and oxygen atoms in total. The van der Waals surface area contributed by atoms with Gasteiger partial charge in [0.15, 0.2) is 4.37 Å². The molecule has 0 aliphatic heterocycles. The molecular formula is C7H16O5SSi. The molecule has 0 radical (unpaired) electrons. The van der Waals surface area contributed by atoms with Crippen LogP contribution in [0.15, 0.2) is 0 Å². The van der Waals surface area contributed by atoms with Crippen molar-refractivity contribution < 1.29 is 22.9 Å². The monoisotopic (exact) mass is 240 g/mol. The summed E-state index contributed by atoms with van der Waals surface area (Å²) in [6.07, 6.45) is 0. The van der Waals surface area contributed by atoms with Gasteiger partial charge < -0.3 is 5.11 Å². The second-order valence-electron chi connectivity index (χ2n) is 3.57. The highest BCUT2D eigenvalue weighted by atomic mass is 32.2. The predicted molar refractivity (Wildman–Crippen MR) is 55.8 cm³/mol. The molecule has 0 aromatic heterocycles. The SMILES string of the molecule is CC[SiH2]C(C(=O)O)(C(C)C)S(=O)(=O)O. The Bertz CT molecular complexity index is 310. The highest BCUT2D eigenvalue weighted by Crippen LogP contribution is 2.26. The molecule has 0 rings (SSSR count). The average molecular weight is 240 g/mol. The van der Waals surface area contributed by atoms with E-state index in [1.165, 1.54) is 13.8 Å². The first-order valence-corrected chi connectivity index (χ1v) is 7.55. The maximum atomic E-state index is 11.1. The topological polar surface area (TPSA) is 91.7 Å². The van der Waals surface area contributed by atoms with Crippen LogP contribution in [0.2, 0.25) is 6.04 Å². The molecule has 0 aromatic carbocycles. The smallest absolute Gasteiger partial charge is 0.323 e. The van der Waals surface area contributed by atoms with Crippen LogP contribution in [0, 0.1) is 5.92 Å². The van der Waals surface area contributed by atoms with Crippen LogP contribution in [0.3, 0.4) is 0 Å². The zero-order valence-corrected chi connectivity index (χ0v) is 10.7. The van der Waals surface area contributed by atoms with Crippen LogP contribution in [0.1, 0.15) is 20.8 Å². The van der Waals surface area contributed by atoms with Crippen molar-refractivity contribution in [1.82, 2.24) is 0 Å². The van der Waals surface area contributed by atoms with Gasteiger partial charge in [0.2, 0.25) is 0 Å². The molecule has 0 spiro atoms. The van der Waals surface area contributed by atoms with E-state index in [0.717, 1.165) is 0 Å². The van der Waals surface area contributed by atoms with Gasteiger partial charge in [-0.15, -0.1) is 0 Å². The fourth-order valence-corrected chi connectivity index (χ4v) is 5.55. The fourth-order valence-electron chi connectivity index (χ4n) is 1.55. The number of carboxylic acid groups (broad SMARTS) is 1. The van der Waals surface area contributed by atoms with Crippen molar-refractivity contribution in [1.29, 1.82) is 0 Å². The van der Waals surface area contributed by atoms with Crippen molar-refractivity contribution in [3.8, 4) is 0 Å². The Hall–Kier alpha value is -0.403. The van der Waals surface area contributed by atoms with Crippen LogP contribution >= 0.6 is 0 Å². The van der Waals surface area contributed by atoms with Gasteiger partial charge in [-0.2, -0.15) is 8.42 Å². The molecule has 14 heavy (non-hydrogen) atoms. The summed E-state index contributed by atoms with van der Waals surface area (Å²) in [4.78, 5) is 11.0. The molecule has 0 saturated carbocycles. The molecule has 0 bridgehead atoms. The van der Waals surface area contributed by atoms with E-state index in [1.54, 1.807) is 6.92 Å². The number of rotatable bonds is 5. The first kappa shape index (κ1) is 13.6. The molecule has 0 saturated heterocycles. The van der Waals surface area contributed by atoms with E-state index in [0.29, 0.717) is 6.04 Å². The standard InChI is InChI=1S/C7H16O5SSi/c1-4-14-7(5(2)3,6(8)9)13(10,11)12/h5H,4,14H2,1-3H3,(H,8,9)(H,10,11,12). The lowest BCUT2D eigenvalue weighted by Gasteiger charge is -2.29. The Morgan fingerprint density at radius 3 is 2.00 bits per heavy atom. The molecule has 0 aliphatic rings. The predicted octanol–water partition coefficient (Wildman–Crippen LogP) is -0.0819. The summed E-state index contributed by atoms with van der Waals surface area (Å²) in [5.41, 5.74) is 0. The summed E-state index contributed by atoms with van der Waals surface area (Å²) >= 11 is 0. The molecule has 0 aromatic rings. The van der Waals surface area contributed by atoms with E-state index in [4.69, 9.17) is 9.66 Å². The number of carbonyl (C=O) groups is 1. The highest BCUT2D eigenvalue weighted by molar-refractivity contribution is 7.89. The van der Waals surface area contributed by atoms with Gasteiger partial charge in [-0.05, 0) is 5.92 Å². The molecule has 0 heterocycles. The summed E-state index contributed by atoms with van der Waals surface area (Å²) < 4.78 is 29.4. The van der Waals surface area contributed by atoms with E-state index in [2.05, 4.69) is 0 Å². The molecule has 0 amide bonds. The Morgan fingerprint density at radius 2 is 1.93 bits per heavy atom. The van der Waals surface area contributed by atoms with Crippen LogP contribution in [0.5, 0.6) is 0 Å².